The van der Waals surface area contributed by atoms with Crippen LogP contribution in [0.1, 0.15) is 59.4 Å². The van der Waals surface area contributed by atoms with Gasteiger partial charge < -0.3 is 15.2 Å². The number of ether oxygens (including phenoxy) is 2. The molecule has 0 bridgehead atoms. The first kappa shape index (κ1) is 24.5. The molecule has 0 aromatic heterocycles. The van der Waals surface area contributed by atoms with Crippen molar-refractivity contribution in [2.24, 2.45) is 17.6 Å². The van der Waals surface area contributed by atoms with Gasteiger partial charge in [0.05, 0.1) is 18.4 Å². The van der Waals surface area contributed by atoms with Crippen molar-refractivity contribution >= 4 is 23.8 Å². The molecule has 1 fully saturated rings. The monoisotopic (exact) mass is 432 g/mol. The Bertz CT molecular complexity index is 838. The number of nitrogens with two attached hydrogens (primary N) is 1. The molecule has 1 aliphatic rings. The molecule has 1 aliphatic carbocycles. The highest BCUT2D eigenvalue weighted by Gasteiger charge is 2.60. The lowest BCUT2D eigenvalue weighted by molar-refractivity contribution is -0.156. The number of esters is 1. The van der Waals surface area contributed by atoms with Crippen LogP contribution in [0.4, 0.5) is 4.79 Å². The zero-order valence-electron chi connectivity index (χ0n) is 18.9. The number of alkyl carbamates (subject to hydrolysis) is 1. The van der Waals surface area contributed by atoms with Gasteiger partial charge in [0.25, 0.3) is 0 Å². The van der Waals surface area contributed by atoms with E-state index in [1.54, 1.807) is 53.7 Å². The van der Waals surface area contributed by atoms with E-state index in [4.69, 9.17) is 15.2 Å². The van der Waals surface area contributed by atoms with Crippen molar-refractivity contribution in [3.8, 4) is 0 Å². The normalized spacial score (nSPS) is 21.6. The van der Waals surface area contributed by atoms with E-state index >= 15 is 0 Å². The van der Waals surface area contributed by atoms with Gasteiger partial charge >= 0.3 is 12.1 Å². The number of ketones is 1. The first-order valence-electron chi connectivity index (χ1n) is 10.3. The Morgan fingerprint density at radius 1 is 0.935 bits per heavy atom. The Kier molecular flexibility index (Phi) is 7.26. The number of hydrogen-bond acceptors (Lipinski definition) is 7. The predicted octanol–water partition coefficient (Wildman–Crippen LogP) is 2.70. The summed E-state index contributed by atoms with van der Waals surface area (Å²) in [6, 6.07) is 7.95. The molecule has 1 unspecified atom stereocenters. The van der Waals surface area contributed by atoms with Crippen molar-refractivity contribution in [1.29, 1.82) is 0 Å². The second kappa shape index (κ2) is 9.18. The highest BCUT2D eigenvalue weighted by Crippen LogP contribution is 2.55. The molecular formula is C23H32N2O6. The third kappa shape index (κ3) is 7.17. The quantitative estimate of drug-likeness (QED) is 0.662. The number of carbonyl (C=O) groups excluding carboxylic acids is 4. The second-order valence-corrected chi connectivity index (χ2v) is 9.78. The van der Waals surface area contributed by atoms with Gasteiger partial charge in [0.2, 0.25) is 5.91 Å². The first-order valence-corrected chi connectivity index (χ1v) is 10.3. The zero-order chi connectivity index (χ0) is 23.6. The minimum absolute atomic E-state index is 0.283. The van der Waals surface area contributed by atoms with Crippen molar-refractivity contribution < 1.29 is 28.7 Å². The van der Waals surface area contributed by atoms with Gasteiger partial charge in [0, 0.05) is 11.8 Å². The number of nitrogens with one attached hydrogen (secondary N) is 1. The molecule has 8 nitrogen and oxygen atoms in total. The molecule has 170 valence electrons. The molecule has 1 aromatic rings. The average molecular weight is 433 g/mol. The van der Waals surface area contributed by atoms with Crippen LogP contribution in [0, 0.1) is 11.8 Å². The van der Waals surface area contributed by atoms with Gasteiger partial charge in [-0.3, -0.25) is 19.7 Å². The van der Waals surface area contributed by atoms with Gasteiger partial charge in [0.15, 0.2) is 5.78 Å². The van der Waals surface area contributed by atoms with Gasteiger partial charge in [-0.15, -0.1) is 0 Å². The number of rotatable bonds is 6. The summed E-state index contributed by atoms with van der Waals surface area (Å²) in [5.41, 5.74) is 5.32. The van der Waals surface area contributed by atoms with Crippen LogP contribution in [0.5, 0.6) is 0 Å². The number of amides is 2. The molecule has 2 amide bonds. The van der Waals surface area contributed by atoms with E-state index in [0.717, 1.165) is 5.56 Å². The Morgan fingerprint density at radius 2 is 1.48 bits per heavy atom. The van der Waals surface area contributed by atoms with Crippen molar-refractivity contribution in [1.82, 2.24) is 5.32 Å². The van der Waals surface area contributed by atoms with E-state index in [9.17, 15) is 19.2 Å². The van der Waals surface area contributed by atoms with Crippen LogP contribution in [0.3, 0.4) is 0 Å². The fourth-order valence-electron chi connectivity index (χ4n) is 3.48. The van der Waals surface area contributed by atoms with Crippen LogP contribution in [0.25, 0.3) is 0 Å². The van der Waals surface area contributed by atoms with E-state index in [1.807, 2.05) is 18.2 Å². The lowest BCUT2D eigenvalue weighted by atomic mass is 10.0. The van der Waals surface area contributed by atoms with Crippen LogP contribution in [0.15, 0.2) is 30.3 Å². The Morgan fingerprint density at radius 3 is 2.00 bits per heavy atom. The summed E-state index contributed by atoms with van der Waals surface area (Å²) in [5, 5.41) is 2.21. The fraction of sp³-hybridized carbons (Fsp3) is 0.565. The molecule has 1 saturated carbocycles. The Hall–Kier alpha value is -2.74. The van der Waals surface area contributed by atoms with Gasteiger partial charge in [-0.1, -0.05) is 30.3 Å². The highest BCUT2D eigenvalue weighted by atomic mass is 16.6. The van der Waals surface area contributed by atoms with Gasteiger partial charge in [-0.25, -0.2) is 4.79 Å². The largest absolute Gasteiger partial charge is 0.460 e. The number of carbonyl (C=O) groups is 4. The maximum atomic E-state index is 13.0. The summed E-state index contributed by atoms with van der Waals surface area (Å²) in [6.45, 7) is 10.2. The summed E-state index contributed by atoms with van der Waals surface area (Å²) in [5.74, 6) is -3.54. The number of hydrogen-bond donors (Lipinski definition) is 2. The minimum Gasteiger partial charge on any atom is -0.460 e. The van der Waals surface area contributed by atoms with Crippen LogP contribution in [-0.4, -0.2) is 41.0 Å². The fourth-order valence-corrected chi connectivity index (χ4v) is 3.48. The molecule has 3 N–H and O–H groups in total. The summed E-state index contributed by atoms with van der Waals surface area (Å²) < 4.78 is 10.4. The Labute approximate surface area is 182 Å². The lowest BCUT2D eigenvalue weighted by Crippen LogP contribution is -2.39. The topological polar surface area (TPSA) is 125 Å². The number of Topliss-reactive ketones (excluding diaryl/α,β-unsaturated/α-hetero) is 1. The minimum atomic E-state index is -1.11. The van der Waals surface area contributed by atoms with Crippen LogP contribution >= 0.6 is 0 Å². The molecule has 0 heterocycles. The first-order chi connectivity index (χ1) is 14.2. The molecule has 0 saturated heterocycles. The number of imide groups is 1. The molecule has 31 heavy (non-hydrogen) atoms. The van der Waals surface area contributed by atoms with Gasteiger partial charge in [0.1, 0.15) is 11.2 Å². The van der Waals surface area contributed by atoms with Crippen molar-refractivity contribution in [2.75, 3.05) is 0 Å². The summed E-state index contributed by atoms with van der Waals surface area (Å²) in [7, 11) is 0. The van der Waals surface area contributed by atoms with Crippen molar-refractivity contribution in [2.45, 2.75) is 71.1 Å². The van der Waals surface area contributed by atoms with Gasteiger partial charge in [-0.2, -0.15) is 0 Å². The Balaban J connectivity index is 2.13. The molecule has 2 rings (SSSR count). The van der Waals surface area contributed by atoms with E-state index in [1.165, 1.54) is 0 Å². The summed E-state index contributed by atoms with van der Waals surface area (Å²) in [4.78, 5) is 49.8. The summed E-state index contributed by atoms with van der Waals surface area (Å²) >= 11 is 0. The lowest BCUT2D eigenvalue weighted by Gasteiger charge is -2.20. The third-order valence-corrected chi connectivity index (χ3v) is 4.63. The third-order valence-electron chi connectivity index (χ3n) is 4.63. The van der Waals surface area contributed by atoms with Crippen LogP contribution < -0.4 is 11.1 Å². The number of benzene rings is 1. The zero-order valence-corrected chi connectivity index (χ0v) is 18.9. The van der Waals surface area contributed by atoms with Crippen molar-refractivity contribution in [3.05, 3.63) is 35.9 Å². The van der Waals surface area contributed by atoms with Crippen LogP contribution in [-0.2, 0) is 23.9 Å². The molecule has 0 radical (unpaired) electrons. The van der Waals surface area contributed by atoms with Crippen LogP contribution in [0.2, 0.25) is 0 Å². The van der Waals surface area contributed by atoms with E-state index in [0.29, 0.717) is 0 Å². The molecule has 0 spiro atoms. The molecular weight excluding hydrogens is 400 g/mol. The van der Waals surface area contributed by atoms with Gasteiger partial charge in [-0.05, 0) is 47.1 Å². The molecule has 0 aliphatic heterocycles. The highest BCUT2D eigenvalue weighted by molar-refractivity contribution is 6.03. The summed E-state index contributed by atoms with van der Waals surface area (Å²) in [6.07, 6.45) is -1.16. The van der Waals surface area contributed by atoms with E-state index in [2.05, 4.69) is 5.32 Å². The molecule has 1 aromatic carbocycles. The predicted molar refractivity (Wildman–Crippen MR) is 114 cm³/mol. The van der Waals surface area contributed by atoms with Crippen molar-refractivity contribution in [3.63, 3.8) is 0 Å². The average Bonchev–Trinajstić information content (AvgIpc) is 3.34. The standard InChI is InChI=1S/C23H32N2O6/c1-22(2,3)30-15(26)12-14(24)19(27)17-16(13-10-8-7-9-11-13)18(17)20(28)25-21(29)31-23(4,5)6/h7-11,14,16-18H,12,24H2,1-6H3,(H,25,28,29)/t14-,16+,17?,18-/m0/s1. The van der Waals surface area contributed by atoms with E-state index < -0.39 is 58.8 Å². The molecule has 8 heteroatoms. The second-order valence-electron chi connectivity index (χ2n) is 9.78. The SMILES string of the molecule is CC(C)(C)OC(=O)C[C@H](N)C(=O)C1[C@@H](C(=O)NC(=O)OC(C)(C)C)[C@@H]1c1ccccc1. The molecule has 4 atom stereocenters. The van der Waals surface area contributed by atoms with E-state index in [-0.39, 0.29) is 6.42 Å². The maximum Gasteiger partial charge on any atom is 0.414 e. The smallest absolute Gasteiger partial charge is 0.414 e. The maximum absolute atomic E-state index is 13.0.